The van der Waals surface area contributed by atoms with Gasteiger partial charge in [0.25, 0.3) is 0 Å². The van der Waals surface area contributed by atoms with Gasteiger partial charge in [0.05, 0.1) is 0 Å². The molecule has 0 spiro atoms. The summed E-state index contributed by atoms with van der Waals surface area (Å²) in [6.45, 7) is 0.949. The predicted molar refractivity (Wildman–Crippen MR) is 61.0 cm³/mol. The zero-order chi connectivity index (χ0) is 11.4. The van der Waals surface area contributed by atoms with Gasteiger partial charge in [-0.1, -0.05) is 18.2 Å². The molecule has 16 heavy (non-hydrogen) atoms. The fraction of sp³-hybridized carbons (Fsp3) is 0.385. The molecule has 0 aliphatic heterocycles. The van der Waals surface area contributed by atoms with E-state index in [1.807, 2.05) is 12.2 Å². The molecular formula is C13H15F2N. The summed E-state index contributed by atoms with van der Waals surface area (Å²) < 4.78 is 25.5. The van der Waals surface area contributed by atoms with Gasteiger partial charge in [0.15, 0.2) is 11.6 Å². The lowest BCUT2D eigenvalue weighted by Crippen LogP contribution is -2.16. The van der Waals surface area contributed by atoms with E-state index >= 15 is 0 Å². The maximum Gasteiger partial charge on any atom is 0.159 e. The van der Waals surface area contributed by atoms with Crippen molar-refractivity contribution in [2.45, 2.75) is 25.3 Å². The maximum absolute atomic E-state index is 12.8. The van der Waals surface area contributed by atoms with Crippen molar-refractivity contribution in [3.05, 3.63) is 41.5 Å². The molecule has 0 atom stereocenters. The number of benzene rings is 1. The van der Waals surface area contributed by atoms with E-state index in [9.17, 15) is 8.78 Å². The average Bonchev–Trinajstić information content (AvgIpc) is 3.07. The lowest BCUT2D eigenvalue weighted by molar-refractivity contribution is 0.508. The van der Waals surface area contributed by atoms with Crippen molar-refractivity contribution >= 4 is 6.08 Å². The van der Waals surface area contributed by atoms with Crippen LogP contribution >= 0.6 is 0 Å². The first-order valence-electron chi connectivity index (χ1n) is 5.60. The fourth-order valence-electron chi connectivity index (χ4n) is 1.49. The van der Waals surface area contributed by atoms with E-state index in [2.05, 4.69) is 5.32 Å². The van der Waals surface area contributed by atoms with Gasteiger partial charge in [-0.25, -0.2) is 8.78 Å². The van der Waals surface area contributed by atoms with Gasteiger partial charge < -0.3 is 5.32 Å². The van der Waals surface area contributed by atoms with E-state index in [-0.39, 0.29) is 0 Å². The maximum atomic E-state index is 12.8. The van der Waals surface area contributed by atoms with Gasteiger partial charge in [-0.3, -0.25) is 0 Å². The van der Waals surface area contributed by atoms with E-state index in [1.165, 1.54) is 18.9 Å². The van der Waals surface area contributed by atoms with Crippen molar-refractivity contribution in [2.24, 2.45) is 0 Å². The highest BCUT2D eigenvalue weighted by molar-refractivity contribution is 5.49. The Hall–Kier alpha value is -1.22. The molecular weight excluding hydrogens is 208 g/mol. The lowest BCUT2D eigenvalue weighted by Gasteiger charge is -1.98. The number of hydrogen-bond acceptors (Lipinski definition) is 1. The van der Waals surface area contributed by atoms with Crippen LogP contribution in [0.15, 0.2) is 24.3 Å². The molecule has 3 heteroatoms. The molecule has 1 fully saturated rings. The standard InChI is InChI=1S/C13H15F2N/c14-12-7-4-10(9-13(12)15)3-1-2-8-16-11-5-6-11/h1,3-4,7,9,11,16H,2,5-6,8H2. The first-order chi connectivity index (χ1) is 7.75. The number of nitrogens with one attached hydrogen (secondary N) is 1. The second-order valence-corrected chi connectivity index (χ2v) is 4.09. The number of hydrogen-bond donors (Lipinski definition) is 1. The summed E-state index contributed by atoms with van der Waals surface area (Å²) in [5.41, 5.74) is 0.699. The Balaban J connectivity index is 1.77. The Morgan fingerprint density at radius 3 is 2.75 bits per heavy atom. The van der Waals surface area contributed by atoms with Gasteiger partial charge in [0.2, 0.25) is 0 Å². The Kier molecular flexibility index (Phi) is 3.67. The monoisotopic (exact) mass is 223 g/mol. The van der Waals surface area contributed by atoms with Crippen LogP contribution in [0.5, 0.6) is 0 Å². The molecule has 0 saturated heterocycles. The molecule has 1 aliphatic carbocycles. The SMILES string of the molecule is Fc1ccc(C=CCCNC2CC2)cc1F. The van der Waals surface area contributed by atoms with Crippen molar-refractivity contribution < 1.29 is 8.78 Å². The summed E-state index contributed by atoms with van der Waals surface area (Å²) in [5, 5.41) is 3.38. The molecule has 0 amide bonds. The van der Waals surface area contributed by atoms with Crippen LogP contribution in [-0.4, -0.2) is 12.6 Å². The van der Waals surface area contributed by atoms with Gasteiger partial charge in [-0.2, -0.15) is 0 Å². The van der Waals surface area contributed by atoms with E-state index in [4.69, 9.17) is 0 Å². The summed E-state index contributed by atoms with van der Waals surface area (Å²) >= 11 is 0. The van der Waals surface area contributed by atoms with Crippen LogP contribution in [0.1, 0.15) is 24.8 Å². The van der Waals surface area contributed by atoms with Crippen molar-refractivity contribution in [3.8, 4) is 0 Å². The average molecular weight is 223 g/mol. The van der Waals surface area contributed by atoms with Crippen molar-refractivity contribution in [2.75, 3.05) is 6.54 Å². The topological polar surface area (TPSA) is 12.0 Å². The summed E-state index contributed by atoms with van der Waals surface area (Å²) in [7, 11) is 0. The van der Waals surface area contributed by atoms with Crippen molar-refractivity contribution in [3.63, 3.8) is 0 Å². The van der Waals surface area contributed by atoms with E-state index in [0.29, 0.717) is 5.56 Å². The smallest absolute Gasteiger partial charge is 0.159 e. The largest absolute Gasteiger partial charge is 0.314 e. The third-order valence-corrected chi connectivity index (χ3v) is 2.58. The van der Waals surface area contributed by atoms with Gasteiger partial charge in [-0.05, 0) is 43.5 Å². The zero-order valence-electron chi connectivity index (χ0n) is 9.05. The van der Waals surface area contributed by atoms with Gasteiger partial charge in [0.1, 0.15) is 0 Å². The minimum atomic E-state index is -0.799. The lowest BCUT2D eigenvalue weighted by atomic mass is 10.2. The Morgan fingerprint density at radius 2 is 2.06 bits per heavy atom. The van der Waals surface area contributed by atoms with E-state index < -0.39 is 11.6 Å². The van der Waals surface area contributed by atoms with Crippen LogP contribution in [0, 0.1) is 11.6 Å². The Morgan fingerprint density at radius 1 is 1.25 bits per heavy atom. The summed E-state index contributed by atoms with van der Waals surface area (Å²) in [6.07, 6.45) is 7.27. The van der Waals surface area contributed by atoms with Crippen LogP contribution in [0.3, 0.4) is 0 Å². The minimum absolute atomic E-state index is 0.699. The highest BCUT2D eigenvalue weighted by Gasteiger charge is 2.19. The molecule has 1 nitrogen and oxygen atoms in total. The van der Waals surface area contributed by atoms with Crippen molar-refractivity contribution in [1.82, 2.24) is 5.32 Å². The Bertz CT molecular complexity index is 384. The third-order valence-electron chi connectivity index (χ3n) is 2.58. The normalized spacial score (nSPS) is 15.9. The van der Waals surface area contributed by atoms with Crippen LogP contribution in [0.4, 0.5) is 8.78 Å². The molecule has 0 aromatic heterocycles. The summed E-state index contributed by atoms with van der Waals surface area (Å²) in [6, 6.07) is 4.65. The first-order valence-corrected chi connectivity index (χ1v) is 5.60. The van der Waals surface area contributed by atoms with Crippen LogP contribution in [0.2, 0.25) is 0 Å². The third kappa shape index (κ3) is 3.42. The first kappa shape index (κ1) is 11.3. The molecule has 1 aliphatic rings. The zero-order valence-corrected chi connectivity index (χ0v) is 9.05. The van der Waals surface area contributed by atoms with Crippen LogP contribution in [0.25, 0.3) is 6.08 Å². The second kappa shape index (κ2) is 5.21. The van der Waals surface area contributed by atoms with Gasteiger partial charge in [0, 0.05) is 6.04 Å². The Labute approximate surface area is 94.2 Å². The van der Waals surface area contributed by atoms with Crippen LogP contribution < -0.4 is 5.32 Å². The molecule has 2 rings (SSSR count). The summed E-state index contributed by atoms with van der Waals surface area (Å²) in [4.78, 5) is 0. The van der Waals surface area contributed by atoms with Gasteiger partial charge in [-0.15, -0.1) is 0 Å². The summed E-state index contributed by atoms with van der Waals surface area (Å²) in [5.74, 6) is -1.59. The number of halogens is 2. The highest BCUT2D eigenvalue weighted by Crippen LogP contribution is 2.18. The molecule has 1 aromatic rings. The van der Waals surface area contributed by atoms with E-state index in [0.717, 1.165) is 25.1 Å². The molecule has 86 valence electrons. The predicted octanol–water partition coefficient (Wildman–Crippen LogP) is 3.12. The molecule has 1 N–H and O–H groups in total. The molecule has 0 bridgehead atoms. The molecule has 1 saturated carbocycles. The molecule has 1 aromatic carbocycles. The minimum Gasteiger partial charge on any atom is -0.314 e. The van der Waals surface area contributed by atoms with E-state index in [1.54, 1.807) is 6.07 Å². The van der Waals surface area contributed by atoms with Crippen molar-refractivity contribution in [1.29, 1.82) is 0 Å². The van der Waals surface area contributed by atoms with Crippen LogP contribution in [-0.2, 0) is 0 Å². The van der Waals surface area contributed by atoms with Gasteiger partial charge >= 0.3 is 0 Å². The second-order valence-electron chi connectivity index (χ2n) is 4.09. The highest BCUT2D eigenvalue weighted by atomic mass is 19.2. The fourth-order valence-corrected chi connectivity index (χ4v) is 1.49. The quantitative estimate of drug-likeness (QED) is 0.756. The molecule has 0 radical (unpaired) electrons. The molecule has 0 heterocycles. The number of rotatable bonds is 5. The molecule has 0 unspecified atom stereocenters.